The van der Waals surface area contributed by atoms with Crippen LogP contribution in [0.1, 0.15) is 54.4 Å². The van der Waals surface area contributed by atoms with E-state index in [1.165, 1.54) is 44.1 Å². The smallest absolute Gasteiger partial charge is 0.260 e. The zero-order valence-corrected chi connectivity index (χ0v) is 16.1. The molecule has 138 valence electrons. The Balaban J connectivity index is 1.48. The van der Waals surface area contributed by atoms with Crippen LogP contribution in [0.15, 0.2) is 23.2 Å². The monoisotopic (exact) mass is 370 g/mol. The van der Waals surface area contributed by atoms with Crippen molar-refractivity contribution >= 4 is 22.8 Å². The number of rotatable bonds is 3. The summed E-state index contributed by atoms with van der Waals surface area (Å²) in [6.07, 6.45) is 8.19. The standard InChI is InChI=1S/C21H26N2O2S/c1-25-18-3-2-16(9-17(18)19(24)23-20-22-4-5-26-20)21-10-13-6-14(11-21)8-15(7-13)12-21/h2-3,9,13-15H,4-8,10-12H2,1H3,(H,22,23,24). The summed E-state index contributed by atoms with van der Waals surface area (Å²) in [7, 11) is 1.64. The van der Waals surface area contributed by atoms with Gasteiger partial charge in [-0.25, -0.2) is 0 Å². The molecule has 1 aromatic carbocycles. The molecule has 4 nitrogen and oxygen atoms in total. The van der Waals surface area contributed by atoms with Gasteiger partial charge in [0.15, 0.2) is 5.17 Å². The van der Waals surface area contributed by atoms with Crippen LogP contribution in [0.2, 0.25) is 0 Å². The lowest BCUT2D eigenvalue weighted by Gasteiger charge is -2.57. The van der Waals surface area contributed by atoms with Crippen LogP contribution in [0.25, 0.3) is 0 Å². The van der Waals surface area contributed by atoms with Gasteiger partial charge in [0.05, 0.1) is 19.2 Å². The number of benzene rings is 1. The number of nitrogens with zero attached hydrogens (tertiary/aromatic N) is 1. The van der Waals surface area contributed by atoms with E-state index in [-0.39, 0.29) is 11.3 Å². The fourth-order valence-corrected chi connectivity index (χ4v) is 6.98. The first-order chi connectivity index (χ1) is 12.6. The van der Waals surface area contributed by atoms with Crippen molar-refractivity contribution in [3.63, 3.8) is 0 Å². The summed E-state index contributed by atoms with van der Waals surface area (Å²) in [5.41, 5.74) is 2.29. The minimum absolute atomic E-state index is 0.0958. The van der Waals surface area contributed by atoms with Crippen LogP contribution in [-0.2, 0) is 5.41 Å². The Morgan fingerprint density at radius 1 is 1.19 bits per heavy atom. The second kappa shape index (κ2) is 6.29. The van der Waals surface area contributed by atoms with Gasteiger partial charge >= 0.3 is 0 Å². The zero-order chi connectivity index (χ0) is 17.7. The Morgan fingerprint density at radius 3 is 2.46 bits per heavy atom. The van der Waals surface area contributed by atoms with E-state index in [2.05, 4.69) is 22.4 Å². The number of carbonyl (C=O) groups excluding carboxylic acids is 1. The van der Waals surface area contributed by atoms with Crippen molar-refractivity contribution in [1.29, 1.82) is 0 Å². The lowest BCUT2D eigenvalue weighted by Crippen LogP contribution is -2.48. The molecule has 0 atom stereocenters. The molecule has 1 N–H and O–H groups in total. The fourth-order valence-electron chi connectivity index (χ4n) is 6.25. The minimum Gasteiger partial charge on any atom is -0.496 e. The molecule has 4 fully saturated rings. The topological polar surface area (TPSA) is 50.7 Å². The summed E-state index contributed by atoms with van der Waals surface area (Å²) in [6.45, 7) is 0.782. The number of hydrogen-bond donors (Lipinski definition) is 1. The first-order valence-corrected chi connectivity index (χ1v) is 10.8. The van der Waals surface area contributed by atoms with E-state index in [4.69, 9.17) is 4.74 Å². The Hall–Kier alpha value is -1.49. The molecule has 26 heavy (non-hydrogen) atoms. The molecular weight excluding hydrogens is 344 g/mol. The number of hydrogen-bond acceptors (Lipinski definition) is 4. The first-order valence-electron chi connectivity index (χ1n) is 9.82. The number of ether oxygens (including phenoxy) is 1. The van der Waals surface area contributed by atoms with E-state index in [0.29, 0.717) is 11.3 Å². The van der Waals surface area contributed by atoms with Crippen LogP contribution < -0.4 is 10.1 Å². The predicted molar refractivity (Wildman–Crippen MR) is 105 cm³/mol. The number of nitrogens with one attached hydrogen (secondary N) is 1. The van der Waals surface area contributed by atoms with Crippen LogP contribution >= 0.6 is 11.8 Å². The Morgan fingerprint density at radius 2 is 1.88 bits per heavy atom. The maximum absolute atomic E-state index is 12.9. The van der Waals surface area contributed by atoms with E-state index in [1.807, 2.05) is 6.07 Å². The van der Waals surface area contributed by atoms with Crippen molar-refractivity contribution in [3.8, 4) is 5.75 Å². The summed E-state index contributed by atoms with van der Waals surface area (Å²) >= 11 is 1.61. The first kappa shape index (κ1) is 16.7. The van der Waals surface area contributed by atoms with E-state index in [9.17, 15) is 4.79 Å². The summed E-state index contributed by atoms with van der Waals surface area (Å²) in [5.74, 6) is 4.18. The highest BCUT2D eigenvalue weighted by atomic mass is 32.2. The molecule has 6 rings (SSSR count). The van der Waals surface area contributed by atoms with E-state index >= 15 is 0 Å². The number of thioether (sulfide) groups is 1. The van der Waals surface area contributed by atoms with Crippen LogP contribution in [0.3, 0.4) is 0 Å². The lowest BCUT2D eigenvalue weighted by atomic mass is 9.48. The molecule has 0 unspecified atom stereocenters. The molecule has 4 bridgehead atoms. The molecule has 1 amide bonds. The summed E-state index contributed by atoms with van der Waals surface area (Å²) in [6, 6.07) is 6.32. The molecule has 1 aliphatic heterocycles. The normalized spacial score (nSPS) is 34.7. The van der Waals surface area contributed by atoms with Gasteiger partial charge in [0.2, 0.25) is 0 Å². The van der Waals surface area contributed by atoms with E-state index < -0.39 is 0 Å². The average molecular weight is 371 g/mol. The van der Waals surface area contributed by atoms with Crippen LogP contribution in [-0.4, -0.2) is 30.5 Å². The number of carbonyl (C=O) groups is 1. The lowest BCUT2D eigenvalue weighted by molar-refractivity contribution is -0.00522. The third-order valence-corrected chi connectivity index (χ3v) is 7.79. The molecule has 0 saturated heterocycles. The van der Waals surface area contributed by atoms with E-state index in [0.717, 1.165) is 35.2 Å². The highest BCUT2D eigenvalue weighted by molar-refractivity contribution is 8.14. The molecule has 4 aliphatic carbocycles. The van der Waals surface area contributed by atoms with Crippen LogP contribution in [0.4, 0.5) is 0 Å². The van der Waals surface area contributed by atoms with Gasteiger partial charge in [0.1, 0.15) is 5.75 Å². The quantitative estimate of drug-likeness (QED) is 0.875. The molecule has 0 aromatic heterocycles. The number of aliphatic imine (C=N–C) groups is 1. The molecule has 5 heteroatoms. The summed E-state index contributed by atoms with van der Waals surface area (Å²) in [4.78, 5) is 17.2. The average Bonchev–Trinajstić information content (AvgIpc) is 3.13. The maximum atomic E-state index is 12.9. The molecule has 4 saturated carbocycles. The maximum Gasteiger partial charge on any atom is 0.260 e. The zero-order valence-electron chi connectivity index (χ0n) is 15.3. The van der Waals surface area contributed by atoms with Crippen molar-refractivity contribution in [2.45, 2.75) is 43.9 Å². The molecular formula is C21H26N2O2S. The highest BCUT2D eigenvalue weighted by Crippen LogP contribution is 2.60. The molecule has 5 aliphatic rings. The second-order valence-corrected chi connectivity index (χ2v) is 9.69. The van der Waals surface area contributed by atoms with Gasteiger partial charge in [-0.2, -0.15) is 0 Å². The SMILES string of the molecule is COc1ccc(C23CC4CC(CC(C4)C2)C3)cc1C(=O)NC1=NCCS1. The Labute approximate surface area is 159 Å². The van der Waals surface area contributed by atoms with Crippen LogP contribution in [0.5, 0.6) is 5.75 Å². The molecule has 1 aromatic rings. The Bertz CT molecular complexity index is 738. The predicted octanol–water partition coefficient (Wildman–Crippen LogP) is 4.00. The summed E-state index contributed by atoms with van der Waals surface area (Å²) in [5, 5.41) is 3.70. The number of amidine groups is 1. The third kappa shape index (κ3) is 2.75. The van der Waals surface area contributed by atoms with Gasteiger partial charge in [-0.3, -0.25) is 9.79 Å². The van der Waals surface area contributed by atoms with Gasteiger partial charge in [0, 0.05) is 5.75 Å². The van der Waals surface area contributed by atoms with Gasteiger partial charge in [0.25, 0.3) is 5.91 Å². The van der Waals surface area contributed by atoms with Crippen molar-refractivity contribution < 1.29 is 9.53 Å². The molecule has 0 radical (unpaired) electrons. The van der Waals surface area contributed by atoms with Crippen molar-refractivity contribution in [1.82, 2.24) is 5.32 Å². The van der Waals surface area contributed by atoms with Crippen molar-refractivity contribution in [2.24, 2.45) is 22.7 Å². The van der Waals surface area contributed by atoms with Crippen LogP contribution in [0, 0.1) is 17.8 Å². The van der Waals surface area contributed by atoms with Crippen molar-refractivity contribution in [3.05, 3.63) is 29.3 Å². The van der Waals surface area contributed by atoms with Crippen molar-refractivity contribution in [2.75, 3.05) is 19.4 Å². The summed E-state index contributed by atoms with van der Waals surface area (Å²) < 4.78 is 5.50. The minimum atomic E-state index is -0.0958. The largest absolute Gasteiger partial charge is 0.496 e. The van der Waals surface area contributed by atoms with E-state index in [1.54, 1.807) is 18.9 Å². The second-order valence-electron chi connectivity index (χ2n) is 8.60. The molecule has 0 spiro atoms. The third-order valence-electron chi connectivity index (χ3n) is 6.90. The highest BCUT2D eigenvalue weighted by Gasteiger charge is 2.51. The van der Waals surface area contributed by atoms with Gasteiger partial charge in [-0.15, -0.1) is 0 Å². The Kier molecular flexibility index (Phi) is 4.03. The fraction of sp³-hybridized carbons (Fsp3) is 0.619. The number of amides is 1. The van der Waals surface area contributed by atoms with Gasteiger partial charge < -0.3 is 10.1 Å². The van der Waals surface area contributed by atoms with Gasteiger partial charge in [-0.1, -0.05) is 17.8 Å². The molecule has 1 heterocycles. The van der Waals surface area contributed by atoms with Gasteiger partial charge in [-0.05, 0) is 79.4 Å². The number of methoxy groups -OCH3 is 1.